The average Bonchev–Trinajstić information content (AvgIpc) is 3.78. The average molecular weight is 816 g/mol. The molecule has 59 heavy (non-hydrogen) atoms. The number of rotatable bonds is 11. The van der Waals surface area contributed by atoms with Crippen LogP contribution in [0.2, 0.25) is 0 Å². The van der Waals surface area contributed by atoms with Gasteiger partial charge in [-0.25, -0.2) is 0 Å². The number of nitrogens with one attached hydrogen (secondary N) is 1. The molecule has 9 heteroatoms. The summed E-state index contributed by atoms with van der Waals surface area (Å²) in [5.74, 6) is 0.389. The van der Waals surface area contributed by atoms with Crippen molar-refractivity contribution in [2.24, 2.45) is 68.0 Å². The van der Waals surface area contributed by atoms with Gasteiger partial charge in [0.25, 0.3) is 0 Å². The second-order valence-electron chi connectivity index (χ2n) is 22.5. The monoisotopic (exact) mass is 816 g/mol. The van der Waals surface area contributed by atoms with Crippen LogP contribution in [0.4, 0.5) is 0 Å². The number of carboxylic acid groups (broad SMARTS) is 1. The minimum atomic E-state index is -0.829. The Hall–Kier alpha value is -2.75. The van der Waals surface area contributed by atoms with Gasteiger partial charge in [-0.15, -0.1) is 0 Å². The highest BCUT2D eigenvalue weighted by atomic mass is 16.6. The third-order valence-corrected chi connectivity index (χ3v) is 19.0. The zero-order chi connectivity index (χ0) is 42.5. The van der Waals surface area contributed by atoms with Crippen LogP contribution in [0.25, 0.3) is 0 Å². The predicted molar refractivity (Wildman–Crippen MR) is 226 cm³/mol. The molecule has 1 aromatic rings. The van der Waals surface area contributed by atoms with Gasteiger partial charge in [0.05, 0.1) is 31.2 Å². The lowest BCUT2D eigenvalue weighted by Crippen LogP contribution is -2.66. The molecule has 12 atom stereocenters. The fraction of sp³-hybridized carbons (Fsp3) is 0.780. The molecule has 3 N–H and O–H groups in total. The highest BCUT2D eigenvalue weighted by molar-refractivity contribution is 6.00. The molecule has 6 aliphatic carbocycles. The number of carboxylic acids is 1. The number of Topliss-reactive ketones (excluding diaryl/α,β-unsaturated/α-hetero) is 1. The number of ether oxygens (including phenoxy) is 3. The fourth-order valence-corrected chi connectivity index (χ4v) is 15.3. The number of hydrogen-bond acceptors (Lipinski definition) is 8. The van der Waals surface area contributed by atoms with E-state index in [4.69, 9.17) is 14.2 Å². The van der Waals surface area contributed by atoms with E-state index in [-0.39, 0.29) is 63.4 Å². The predicted octanol–water partition coefficient (Wildman–Crippen LogP) is 8.94. The molecular formula is C50H73NO8. The molecule has 0 bridgehead atoms. The third kappa shape index (κ3) is 6.58. The summed E-state index contributed by atoms with van der Waals surface area (Å²) < 4.78 is 17.9. The van der Waals surface area contributed by atoms with E-state index in [9.17, 15) is 24.6 Å². The molecule has 9 nitrogen and oxygen atoms in total. The van der Waals surface area contributed by atoms with Gasteiger partial charge in [-0.05, 0) is 126 Å². The quantitative estimate of drug-likeness (QED) is 0.188. The number of allylic oxidation sites excluding steroid dienone is 1. The van der Waals surface area contributed by atoms with E-state index in [1.54, 1.807) is 0 Å². The summed E-state index contributed by atoms with van der Waals surface area (Å²) in [6.07, 6.45) is 8.87. The van der Waals surface area contributed by atoms with Crippen molar-refractivity contribution < 1.29 is 38.8 Å². The van der Waals surface area contributed by atoms with Gasteiger partial charge in [0, 0.05) is 36.8 Å². The number of aliphatic carboxylic acids is 1. The molecule has 0 unspecified atom stereocenters. The zero-order valence-corrected chi connectivity index (χ0v) is 37.5. The Morgan fingerprint density at radius 3 is 2.24 bits per heavy atom. The van der Waals surface area contributed by atoms with Gasteiger partial charge in [0.1, 0.15) is 18.0 Å². The van der Waals surface area contributed by atoms with Gasteiger partial charge in [0.15, 0.2) is 5.78 Å². The summed E-state index contributed by atoms with van der Waals surface area (Å²) >= 11 is 0. The van der Waals surface area contributed by atoms with Crippen molar-refractivity contribution in [3.05, 3.63) is 41.0 Å². The zero-order valence-electron chi connectivity index (χ0n) is 37.5. The molecule has 0 spiro atoms. The van der Waals surface area contributed by atoms with Crippen LogP contribution in [-0.2, 0) is 30.4 Å². The SMILES string of the molecule is CC(C)C1=C2[C@H]3CC[C@@H]4[C@@]5(C)CC[C@H](OC(=O)[C@H]6C[C@@H](C(=O)O)C6(C)C)C(C)(C)[C@@H]5CC[C@@]4(C)[C@]3(C)CC[C@@]2([C@@H](O)CNCc2ccc(O[C@H]3CCOC3)cc2)CC1=O. The second-order valence-corrected chi connectivity index (χ2v) is 22.5. The number of aliphatic hydroxyl groups is 1. The van der Waals surface area contributed by atoms with Crippen LogP contribution in [-0.4, -0.2) is 66.0 Å². The Bertz CT molecular complexity index is 1840. The molecule has 1 saturated heterocycles. The van der Waals surface area contributed by atoms with E-state index in [1.165, 1.54) is 5.57 Å². The van der Waals surface area contributed by atoms with Crippen LogP contribution in [0.5, 0.6) is 5.75 Å². The lowest BCUT2D eigenvalue weighted by molar-refractivity contribution is -0.238. The first-order chi connectivity index (χ1) is 27.7. The molecule has 1 heterocycles. The van der Waals surface area contributed by atoms with Crippen LogP contribution in [0, 0.1) is 68.0 Å². The van der Waals surface area contributed by atoms with Gasteiger partial charge >= 0.3 is 11.9 Å². The van der Waals surface area contributed by atoms with Crippen molar-refractivity contribution >= 4 is 17.7 Å². The summed E-state index contributed by atoms with van der Waals surface area (Å²) in [5, 5.41) is 25.6. The topological polar surface area (TPSA) is 131 Å². The van der Waals surface area contributed by atoms with Crippen molar-refractivity contribution in [2.75, 3.05) is 19.8 Å². The number of ketones is 1. The number of fused-ring (bicyclic) bond motifs is 7. The smallest absolute Gasteiger partial charge is 0.309 e. The second kappa shape index (κ2) is 15.0. The van der Waals surface area contributed by atoms with Gasteiger partial charge in [-0.2, -0.15) is 0 Å². The van der Waals surface area contributed by atoms with Crippen molar-refractivity contribution in [2.45, 2.75) is 158 Å². The minimum absolute atomic E-state index is 0.0149. The first-order valence-electron chi connectivity index (χ1n) is 23.1. The van der Waals surface area contributed by atoms with Crippen LogP contribution in [0.1, 0.15) is 139 Å². The number of aliphatic hydroxyl groups excluding tert-OH is 1. The van der Waals surface area contributed by atoms with Crippen LogP contribution in [0.3, 0.4) is 0 Å². The first kappa shape index (κ1) is 42.9. The number of carbonyl (C=O) groups excluding carboxylic acids is 2. The Morgan fingerprint density at radius 2 is 1.59 bits per heavy atom. The van der Waals surface area contributed by atoms with Gasteiger partial charge < -0.3 is 29.7 Å². The number of carbonyl (C=O) groups is 3. The number of esters is 1. The largest absolute Gasteiger partial charge is 0.488 e. The van der Waals surface area contributed by atoms with Crippen molar-refractivity contribution in [1.29, 1.82) is 0 Å². The van der Waals surface area contributed by atoms with E-state index in [0.717, 1.165) is 81.3 Å². The summed E-state index contributed by atoms with van der Waals surface area (Å²) in [6.45, 7) is 22.9. The molecule has 1 aliphatic heterocycles. The van der Waals surface area contributed by atoms with E-state index < -0.39 is 28.8 Å². The first-order valence-corrected chi connectivity index (χ1v) is 23.1. The highest BCUT2D eigenvalue weighted by Crippen LogP contribution is 2.77. The number of hydrogen-bond donors (Lipinski definition) is 3. The molecule has 0 aromatic heterocycles. The third-order valence-electron chi connectivity index (χ3n) is 19.0. The Morgan fingerprint density at radius 1 is 0.864 bits per heavy atom. The van der Waals surface area contributed by atoms with E-state index >= 15 is 0 Å². The van der Waals surface area contributed by atoms with Gasteiger partial charge in [-0.3, -0.25) is 14.4 Å². The summed E-state index contributed by atoms with van der Waals surface area (Å²) in [4.78, 5) is 39.6. The Balaban J connectivity index is 0.986. The Kier molecular flexibility index (Phi) is 10.9. The normalized spacial score (nSPS) is 41.3. The maximum absolute atomic E-state index is 14.2. The molecule has 5 saturated carbocycles. The van der Waals surface area contributed by atoms with Crippen molar-refractivity contribution in [1.82, 2.24) is 5.32 Å². The van der Waals surface area contributed by atoms with Gasteiger partial charge in [-0.1, -0.05) is 80.0 Å². The van der Waals surface area contributed by atoms with Crippen LogP contribution in [0.15, 0.2) is 35.4 Å². The molecule has 6 fully saturated rings. The standard InChI is InChI=1S/C50H73NO8/c1-29(2)41-36(52)25-50(39(53)27-51-26-30-10-12-31(13-11-30)58-32-18-23-57-28-32)22-21-48(8)33(42(41)50)14-15-38-47(7)19-17-40(46(5,6)37(47)16-20-49(38,48)9)59-44(56)35-24-34(43(54)55)45(35,3)4/h10-13,29,32-35,37-40,51,53H,14-28H2,1-9H3,(H,54,55)/t32-,33+,34-,35+,37-,38+,39-,40-,47-,48+,49+,50-/m0/s1. The molecule has 1 aromatic carbocycles. The highest BCUT2D eigenvalue weighted by Gasteiger charge is 2.71. The van der Waals surface area contributed by atoms with Crippen molar-refractivity contribution in [3.8, 4) is 5.75 Å². The van der Waals surface area contributed by atoms with Crippen molar-refractivity contribution in [3.63, 3.8) is 0 Å². The molecule has 8 rings (SSSR count). The number of benzene rings is 1. The molecule has 0 radical (unpaired) electrons. The van der Waals surface area contributed by atoms with E-state index in [2.05, 4.69) is 65.9 Å². The summed E-state index contributed by atoms with van der Waals surface area (Å²) in [5.41, 5.74) is 2.18. The molecule has 0 amide bonds. The van der Waals surface area contributed by atoms with Crippen LogP contribution >= 0.6 is 0 Å². The van der Waals surface area contributed by atoms with Crippen LogP contribution < -0.4 is 10.1 Å². The minimum Gasteiger partial charge on any atom is -0.488 e. The fourth-order valence-electron chi connectivity index (χ4n) is 15.3. The molecule has 326 valence electrons. The molecule has 7 aliphatic rings. The lowest BCUT2D eigenvalue weighted by atomic mass is 9.33. The van der Waals surface area contributed by atoms with E-state index in [0.29, 0.717) is 44.4 Å². The lowest BCUT2D eigenvalue weighted by Gasteiger charge is -2.72. The summed E-state index contributed by atoms with van der Waals surface area (Å²) in [7, 11) is 0. The van der Waals surface area contributed by atoms with E-state index in [1.807, 2.05) is 26.0 Å². The van der Waals surface area contributed by atoms with Gasteiger partial charge in [0.2, 0.25) is 0 Å². The Labute approximate surface area is 353 Å². The summed E-state index contributed by atoms with van der Waals surface area (Å²) in [6, 6.07) is 8.19. The maximum Gasteiger partial charge on any atom is 0.309 e. The molecular weight excluding hydrogens is 743 g/mol. The maximum atomic E-state index is 14.2.